The molecule has 0 fully saturated rings. The van der Waals surface area contributed by atoms with E-state index in [0.29, 0.717) is 0 Å². The Labute approximate surface area is 132 Å². The lowest BCUT2D eigenvalue weighted by atomic mass is 9.82. The molecule has 0 radical (unpaired) electrons. The zero-order valence-electron chi connectivity index (χ0n) is 13.2. The summed E-state index contributed by atoms with van der Waals surface area (Å²) in [4.78, 5) is 0. The van der Waals surface area contributed by atoms with E-state index in [9.17, 15) is 0 Å². The molecule has 0 amide bonds. The van der Waals surface area contributed by atoms with Crippen molar-refractivity contribution in [2.75, 3.05) is 0 Å². The fourth-order valence-corrected chi connectivity index (χ4v) is 3.67. The average molecular weight is 284 g/mol. The molecule has 3 aromatic carbocycles. The predicted molar refractivity (Wildman–Crippen MR) is 93.4 cm³/mol. The highest BCUT2D eigenvalue weighted by Gasteiger charge is 2.18. The van der Waals surface area contributed by atoms with Crippen LogP contribution in [0.25, 0.3) is 11.1 Å². The van der Waals surface area contributed by atoms with Gasteiger partial charge >= 0.3 is 0 Å². The largest absolute Gasteiger partial charge is 0.0619 e. The van der Waals surface area contributed by atoms with Gasteiger partial charge in [0, 0.05) is 0 Å². The summed E-state index contributed by atoms with van der Waals surface area (Å²) in [5.74, 6) is 0. The molecule has 1 aliphatic rings. The summed E-state index contributed by atoms with van der Waals surface area (Å²) in [5.41, 5.74) is 11.5. The van der Waals surface area contributed by atoms with Gasteiger partial charge in [0.2, 0.25) is 0 Å². The zero-order valence-corrected chi connectivity index (χ0v) is 13.2. The highest BCUT2D eigenvalue weighted by molar-refractivity contribution is 5.73. The second-order valence-electron chi connectivity index (χ2n) is 6.32. The molecule has 0 saturated carbocycles. The van der Waals surface area contributed by atoms with Crippen LogP contribution >= 0.6 is 0 Å². The van der Waals surface area contributed by atoms with Gasteiger partial charge in [0.15, 0.2) is 0 Å². The molecule has 0 aliphatic heterocycles. The fourth-order valence-electron chi connectivity index (χ4n) is 3.67. The molecule has 4 rings (SSSR count). The van der Waals surface area contributed by atoms with Gasteiger partial charge in [0.25, 0.3) is 0 Å². The van der Waals surface area contributed by atoms with Gasteiger partial charge in [-0.05, 0) is 71.2 Å². The standard InChI is InChI=1S/C22H20/c1-15-11-12-16(2)22-14-18-8-4-6-10-20(18)19-9-5-3-7-17(19)13-21(15)22/h3-12H,13-14H2,1-2H3. The van der Waals surface area contributed by atoms with Crippen molar-refractivity contribution in [2.24, 2.45) is 0 Å². The smallest absolute Gasteiger partial charge is 0.00140 e. The first-order chi connectivity index (χ1) is 10.7. The Bertz CT molecular complexity index is 783. The van der Waals surface area contributed by atoms with Crippen LogP contribution in [0, 0.1) is 13.8 Å². The van der Waals surface area contributed by atoms with Crippen LogP contribution in [0.4, 0.5) is 0 Å². The van der Waals surface area contributed by atoms with Crippen molar-refractivity contribution in [3.05, 3.63) is 94.0 Å². The Balaban J connectivity index is 2.06. The van der Waals surface area contributed by atoms with E-state index in [0.717, 1.165) is 12.8 Å². The summed E-state index contributed by atoms with van der Waals surface area (Å²) in [7, 11) is 0. The van der Waals surface area contributed by atoms with Gasteiger partial charge in [-0.2, -0.15) is 0 Å². The second kappa shape index (κ2) is 5.14. The summed E-state index contributed by atoms with van der Waals surface area (Å²) < 4.78 is 0. The van der Waals surface area contributed by atoms with E-state index in [4.69, 9.17) is 0 Å². The van der Waals surface area contributed by atoms with Gasteiger partial charge in [-0.15, -0.1) is 0 Å². The van der Waals surface area contributed by atoms with Crippen LogP contribution in [0.5, 0.6) is 0 Å². The summed E-state index contributed by atoms with van der Waals surface area (Å²) in [6.07, 6.45) is 2.07. The van der Waals surface area contributed by atoms with Crippen LogP contribution in [0.15, 0.2) is 60.7 Å². The SMILES string of the molecule is Cc1ccc(C)c2c1Cc1ccccc1-c1ccccc1C2. The minimum atomic E-state index is 1.04. The van der Waals surface area contributed by atoms with Crippen LogP contribution in [-0.2, 0) is 12.8 Å². The molecule has 1 aliphatic carbocycles. The Kier molecular flexibility index (Phi) is 3.11. The molecule has 0 heterocycles. The molecule has 22 heavy (non-hydrogen) atoms. The molecule has 0 saturated heterocycles. The molecule has 0 N–H and O–H groups in total. The van der Waals surface area contributed by atoms with Gasteiger partial charge in [0.1, 0.15) is 0 Å². The van der Waals surface area contributed by atoms with E-state index in [1.54, 1.807) is 0 Å². The highest BCUT2D eigenvalue weighted by atomic mass is 14.2. The average Bonchev–Trinajstić information content (AvgIpc) is 2.53. The maximum Gasteiger partial charge on any atom is -0.00140 e. The van der Waals surface area contributed by atoms with Gasteiger partial charge in [-0.25, -0.2) is 0 Å². The summed E-state index contributed by atoms with van der Waals surface area (Å²) in [5, 5.41) is 0. The molecular weight excluding hydrogens is 264 g/mol. The van der Waals surface area contributed by atoms with Crippen molar-refractivity contribution in [2.45, 2.75) is 26.7 Å². The molecular formula is C22H20. The highest BCUT2D eigenvalue weighted by Crippen LogP contribution is 2.35. The van der Waals surface area contributed by atoms with Crippen LogP contribution in [0.3, 0.4) is 0 Å². The Morgan fingerprint density at radius 1 is 0.545 bits per heavy atom. The first kappa shape index (κ1) is 13.3. The number of aryl methyl sites for hydroxylation is 2. The number of benzene rings is 3. The van der Waals surface area contributed by atoms with E-state index < -0.39 is 0 Å². The molecule has 3 aromatic rings. The predicted octanol–water partition coefficient (Wildman–Crippen LogP) is 5.47. The summed E-state index contributed by atoms with van der Waals surface area (Å²) in [6, 6.07) is 22.3. The van der Waals surface area contributed by atoms with Gasteiger partial charge in [0.05, 0.1) is 0 Å². The number of hydrogen-bond acceptors (Lipinski definition) is 0. The lowest BCUT2D eigenvalue weighted by Gasteiger charge is -2.23. The van der Waals surface area contributed by atoms with Crippen molar-refractivity contribution < 1.29 is 0 Å². The summed E-state index contributed by atoms with van der Waals surface area (Å²) in [6.45, 7) is 4.49. The molecule has 108 valence electrons. The quantitative estimate of drug-likeness (QED) is 0.402. The van der Waals surface area contributed by atoms with E-state index >= 15 is 0 Å². The van der Waals surface area contributed by atoms with Crippen molar-refractivity contribution >= 4 is 0 Å². The fraction of sp³-hybridized carbons (Fsp3) is 0.182. The van der Waals surface area contributed by atoms with Crippen molar-refractivity contribution in [1.29, 1.82) is 0 Å². The Morgan fingerprint density at radius 3 is 1.41 bits per heavy atom. The molecule has 0 heteroatoms. The molecule has 0 aromatic heterocycles. The summed E-state index contributed by atoms with van der Waals surface area (Å²) >= 11 is 0. The molecule has 0 nitrogen and oxygen atoms in total. The monoisotopic (exact) mass is 284 g/mol. The third-order valence-electron chi connectivity index (χ3n) is 4.96. The van der Waals surface area contributed by atoms with Crippen LogP contribution in [-0.4, -0.2) is 0 Å². The third kappa shape index (κ3) is 2.07. The van der Waals surface area contributed by atoms with Crippen LogP contribution in [0.2, 0.25) is 0 Å². The van der Waals surface area contributed by atoms with E-state index in [1.165, 1.54) is 44.5 Å². The van der Waals surface area contributed by atoms with Crippen LogP contribution in [0.1, 0.15) is 33.4 Å². The maximum absolute atomic E-state index is 2.28. The normalized spacial score (nSPS) is 12.6. The van der Waals surface area contributed by atoms with Gasteiger partial charge in [-0.3, -0.25) is 0 Å². The van der Waals surface area contributed by atoms with Crippen molar-refractivity contribution in [1.82, 2.24) is 0 Å². The minimum Gasteiger partial charge on any atom is -0.0619 e. The number of hydrogen-bond donors (Lipinski definition) is 0. The van der Waals surface area contributed by atoms with E-state index in [2.05, 4.69) is 74.5 Å². The minimum absolute atomic E-state index is 1.04. The lowest BCUT2D eigenvalue weighted by molar-refractivity contribution is 1.03. The number of fused-ring (bicyclic) bond motifs is 4. The van der Waals surface area contributed by atoms with E-state index in [1.807, 2.05) is 0 Å². The molecule has 0 unspecified atom stereocenters. The van der Waals surface area contributed by atoms with Crippen molar-refractivity contribution in [3.63, 3.8) is 0 Å². The second-order valence-corrected chi connectivity index (χ2v) is 6.32. The first-order valence-electron chi connectivity index (χ1n) is 7.98. The van der Waals surface area contributed by atoms with Gasteiger partial charge in [-0.1, -0.05) is 60.7 Å². The Hall–Kier alpha value is -2.34. The molecule has 0 atom stereocenters. The van der Waals surface area contributed by atoms with E-state index in [-0.39, 0.29) is 0 Å². The topological polar surface area (TPSA) is 0 Å². The zero-order chi connectivity index (χ0) is 15.1. The first-order valence-corrected chi connectivity index (χ1v) is 7.98. The van der Waals surface area contributed by atoms with Gasteiger partial charge < -0.3 is 0 Å². The lowest BCUT2D eigenvalue weighted by Crippen LogP contribution is -2.07. The van der Waals surface area contributed by atoms with Crippen LogP contribution < -0.4 is 0 Å². The number of rotatable bonds is 0. The molecule has 0 spiro atoms. The van der Waals surface area contributed by atoms with Crippen molar-refractivity contribution in [3.8, 4) is 11.1 Å². The maximum atomic E-state index is 2.28. The Morgan fingerprint density at radius 2 is 0.955 bits per heavy atom. The third-order valence-corrected chi connectivity index (χ3v) is 4.96. The molecule has 0 bridgehead atoms.